The van der Waals surface area contributed by atoms with Crippen LogP contribution in [0.5, 0.6) is 0 Å². The summed E-state index contributed by atoms with van der Waals surface area (Å²) in [5.41, 5.74) is 5.48. The Morgan fingerprint density at radius 1 is 1.21 bits per heavy atom. The molecule has 0 aromatic rings. The molecule has 1 saturated carbocycles. The van der Waals surface area contributed by atoms with Gasteiger partial charge in [0.15, 0.2) is 0 Å². The lowest BCUT2D eigenvalue weighted by Crippen LogP contribution is -2.56. The standard InChI is InChI=1S/C11H17F5N2O/c1-18(8-5-3-2-4-7(8)6-17)9(19)10(12,13)11(14,15)16/h7-8H,2-6,17H2,1H3. The number of halogens is 5. The zero-order valence-corrected chi connectivity index (χ0v) is 10.5. The molecular weight excluding hydrogens is 271 g/mol. The summed E-state index contributed by atoms with van der Waals surface area (Å²) in [7, 11) is 0.987. The summed E-state index contributed by atoms with van der Waals surface area (Å²) in [5, 5.41) is 0. The quantitative estimate of drug-likeness (QED) is 0.809. The molecule has 0 radical (unpaired) electrons. The van der Waals surface area contributed by atoms with Crippen molar-refractivity contribution in [1.29, 1.82) is 0 Å². The fraction of sp³-hybridized carbons (Fsp3) is 0.909. The van der Waals surface area contributed by atoms with Gasteiger partial charge in [-0.25, -0.2) is 0 Å². The van der Waals surface area contributed by atoms with Crippen LogP contribution < -0.4 is 5.73 Å². The summed E-state index contributed by atoms with van der Waals surface area (Å²) in [4.78, 5) is 11.9. The molecule has 112 valence electrons. The van der Waals surface area contributed by atoms with Crippen molar-refractivity contribution in [2.45, 2.75) is 43.8 Å². The van der Waals surface area contributed by atoms with Gasteiger partial charge < -0.3 is 10.6 Å². The molecule has 1 amide bonds. The number of hydrogen-bond acceptors (Lipinski definition) is 2. The maximum absolute atomic E-state index is 13.0. The van der Waals surface area contributed by atoms with Crippen molar-refractivity contribution in [3.63, 3.8) is 0 Å². The van der Waals surface area contributed by atoms with E-state index in [-0.39, 0.29) is 12.5 Å². The van der Waals surface area contributed by atoms with Gasteiger partial charge in [0.1, 0.15) is 0 Å². The van der Waals surface area contributed by atoms with Crippen molar-refractivity contribution in [2.75, 3.05) is 13.6 Å². The first-order chi connectivity index (χ1) is 8.63. The average molecular weight is 288 g/mol. The van der Waals surface area contributed by atoms with Crippen molar-refractivity contribution in [1.82, 2.24) is 4.90 Å². The third kappa shape index (κ3) is 3.16. The Bertz CT molecular complexity index is 332. The van der Waals surface area contributed by atoms with Gasteiger partial charge in [-0.15, -0.1) is 0 Å². The first kappa shape index (κ1) is 16.1. The molecule has 2 unspecified atom stereocenters. The van der Waals surface area contributed by atoms with Gasteiger partial charge in [-0.05, 0) is 25.3 Å². The lowest BCUT2D eigenvalue weighted by molar-refractivity contribution is -0.275. The molecule has 0 saturated heterocycles. The minimum atomic E-state index is -5.87. The van der Waals surface area contributed by atoms with Crippen LogP contribution in [0.4, 0.5) is 22.0 Å². The molecule has 1 aliphatic rings. The number of alkyl halides is 5. The van der Waals surface area contributed by atoms with Gasteiger partial charge in [0.05, 0.1) is 0 Å². The molecule has 0 aromatic carbocycles. The van der Waals surface area contributed by atoms with Crippen LogP contribution in [-0.4, -0.2) is 42.5 Å². The van der Waals surface area contributed by atoms with E-state index >= 15 is 0 Å². The fourth-order valence-corrected chi connectivity index (χ4v) is 2.47. The van der Waals surface area contributed by atoms with E-state index < -0.39 is 24.0 Å². The molecule has 0 aromatic heterocycles. The number of hydrogen-bond donors (Lipinski definition) is 1. The van der Waals surface area contributed by atoms with Gasteiger partial charge in [0.2, 0.25) is 0 Å². The van der Waals surface area contributed by atoms with E-state index in [1.807, 2.05) is 0 Å². The molecular formula is C11H17F5N2O. The first-order valence-electron chi connectivity index (χ1n) is 6.04. The molecule has 2 N–H and O–H groups in total. The Kier molecular flexibility index (Phi) is 4.76. The second kappa shape index (κ2) is 5.60. The van der Waals surface area contributed by atoms with Gasteiger partial charge in [0, 0.05) is 13.1 Å². The highest BCUT2D eigenvalue weighted by Gasteiger charge is 2.64. The highest BCUT2D eigenvalue weighted by Crippen LogP contribution is 2.38. The van der Waals surface area contributed by atoms with Gasteiger partial charge in [-0.2, -0.15) is 22.0 Å². The van der Waals surface area contributed by atoms with E-state index in [0.29, 0.717) is 24.2 Å². The zero-order valence-electron chi connectivity index (χ0n) is 10.5. The average Bonchev–Trinajstić information content (AvgIpc) is 2.35. The SMILES string of the molecule is CN(C(=O)C(F)(F)C(F)(F)F)C1CCCCC1CN. The molecule has 1 rings (SSSR count). The number of carbonyl (C=O) groups is 1. The van der Waals surface area contributed by atoms with Crippen molar-refractivity contribution in [2.24, 2.45) is 11.7 Å². The zero-order chi connectivity index (χ0) is 14.8. The smallest absolute Gasteiger partial charge is 0.337 e. The number of amides is 1. The van der Waals surface area contributed by atoms with Crippen LogP contribution in [-0.2, 0) is 4.79 Å². The topological polar surface area (TPSA) is 46.3 Å². The summed E-state index contributed by atoms with van der Waals surface area (Å²) in [6.07, 6.45) is -3.30. The summed E-state index contributed by atoms with van der Waals surface area (Å²) in [5.74, 6) is -7.78. The van der Waals surface area contributed by atoms with Gasteiger partial charge in [0.25, 0.3) is 0 Å². The summed E-state index contributed by atoms with van der Waals surface area (Å²) in [6.45, 7) is 0.167. The predicted molar refractivity (Wildman–Crippen MR) is 58.6 cm³/mol. The summed E-state index contributed by atoms with van der Waals surface area (Å²) < 4.78 is 62.5. The summed E-state index contributed by atoms with van der Waals surface area (Å²) >= 11 is 0. The molecule has 3 nitrogen and oxygen atoms in total. The summed E-state index contributed by atoms with van der Waals surface area (Å²) in [6, 6.07) is -0.653. The molecule has 2 atom stereocenters. The van der Waals surface area contributed by atoms with Crippen LogP contribution in [0.2, 0.25) is 0 Å². The highest BCUT2D eigenvalue weighted by molar-refractivity contribution is 5.84. The largest absolute Gasteiger partial charge is 0.463 e. The number of nitrogens with two attached hydrogens (primary N) is 1. The Morgan fingerprint density at radius 2 is 1.74 bits per heavy atom. The predicted octanol–water partition coefficient (Wildman–Crippen LogP) is 2.16. The molecule has 19 heavy (non-hydrogen) atoms. The van der Waals surface area contributed by atoms with Crippen LogP contribution in [0.15, 0.2) is 0 Å². The molecule has 8 heteroatoms. The van der Waals surface area contributed by atoms with Crippen molar-refractivity contribution >= 4 is 5.91 Å². The highest BCUT2D eigenvalue weighted by atomic mass is 19.4. The fourth-order valence-electron chi connectivity index (χ4n) is 2.47. The third-order valence-corrected chi connectivity index (χ3v) is 3.61. The minimum absolute atomic E-state index is 0.167. The van der Waals surface area contributed by atoms with Crippen LogP contribution in [0.3, 0.4) is 0 Å². The number of rotatable bonds is 3. The Balaban J connectivity index is 2.87. The molecule has 0 heterocycles. The third-order valence-electron chi connectivity index (χ3n) is 3.61. The molecule has 0 spiro atoms. The van der Waals surface area contributed by atoms with Crippen LogP contribution in [0, 0.1) is 5.92 Å². The molecule has 1 aliphatic carbocycles. The molecule has 0 aliphatic heterocycles. The van der Waals surface area contributed by atoms with Crippen molar-refractivity contribution in [3.05, 3.63) is 0 Å². The van der Waals surface area contributed by atoms with Crippen LogP contribution in [0.25, 0.3) is 0 Å². The van der Waals surface area contributed by atoms with E-state index in [0.717, 1.165) is 13.5 Å². The number of carbonyl (C=O) groups excluding carboxylic acids is 1. The van der Waals surface area contributed by atoms with Crippen LogP contribution in [0.1, 0.15) is 25.7 Å². The Morgan fingerprint density at radius 3 is 2.21 bits per heavy atom. The van der Waals surface area contributed by atoms with Gasteiger partial charge in [-0.1, -0.05) is 12.8 Å². The van der Waals surface area contributed by atoms with Gasteiger partial charge >= 0.3 is 18.0 Å². The van der Waals surface area contributed by atoms with E-state index in [1.165, 1.54) is 0 Å². The molecule has 0 bridgehead atoms. The van der Waals surface area contributed by atoms with E-state index in [4.69, 9.17) is 5.73 Å². The lowest BCUT2D eigenvalue weighted by Gasteiger charge is -2.38. The van der Waals surface area contributed by atoms with Crippen molar-refractivity contribution in [3.8, 4) is 0 Å². The Hall–Kier alpha value is -0.920. The normalized spacial score (nSPS) is 25.2. The lowest BCUT2D eigenvalue weighted by atomic mass is 9.83. The number of nitrogens with zero attached hydrogens (tertiary/aromatic N) is 1. The second-order valence-corrected chi connectivity index (χ2v) is 4.84. The monoisotopic (exact) mass is 288 g/mol. The van der Waals surface area contributed by atoms with Gasteiger partial charge in [-0.3, -0.25) is 4.79 Å². The van der Waals surface area contributed by atoms with Crippen molar-refractivity contribution < 1.29 is 26.7 Å². The van der Waals surface area contributed by atoms with E-state index in [1.54, 1.807) is 0 Å². The second-order valence-electron chi connectivity index (χ2n) is 4.84. The Labute approximate surface area is 107 Å². The van der Waals surface area contributed by atoms with Crippen LogP contribution >= 0.6 is 0 Å². The maximum Gasteiger partial charge on any atom is 0.463 e. The molecule has 1 fully saturated rings. The first-order valence-corrected chi connectivity index (χ1v) is 6.04. The maximum atomic E-state index is 13.0. The minimum Gasteiger partial charge on any atom is -0.337 e. The van der Waals surface area contributed by atoms with E-state index in [9.17, 15) is 26.7 Å². The van der Waals surface area contributed by atoms with E-state index in [2.05, 4.69) is 0 Å².